The van der Waals surface area contributed by atoms with Crippen molar-refractivity contribution in [2.45, 2.75) is 26.7 Å². The highest BCUT2D eigenvalue weighted by Crippen LogP contribution is 2.24. The highest BCUT2D eigenvalue weighted by Gasteiger charge is 2.24. The molecule has 1 amide bonds. The Morgan fingerprint density at radius 1 is 1.33 bits per heavy atom. The lowest BCUT2D eigenvalue weighted by atomic mass is 9.85. The van der Waals surface area contributed by atoms with Gasteiger partial charge in [0.2, 0.25) is 5.91 Å². The topological polar surface area (TPSA) is 66.4 Å². The molecule has 0 atom stereocenters. The van der Waals surface area contributed by atoms with Crippen LogP contribution in [-0.4, -0.2) is 24.0 Å². The first-order chi connectivity index (χ1) is 5.37. The predicted octanol–water partition coefficient (Wildman–Crippen LogP) is 0.623. The fraction of sp³-hybridized carbons (Fsp3) is 0.750. The standard InChI is InChI=1S/C8H15NO3/c1-8(2,5-7(11)12)4-6(10)9-3/h4-5H2,1-3H3,(H,9,10)(H,11,12). The summed E-state index contributed by atoms with van der Waals surface area (Å²) in [6.45, 7) is 3.52. The van der Waals surface area contributed by atoms with Crippen molar-refractivity contribution in [3.05, 3.63) is 0 Å². The Bertz CT molecular complexity index is 187. The number of carboxylic acids is 1. The summed E-state index contributed by atoms with van der Waals surface area (Å²) in [5, 5.41) is 11.0. The van der Waals surface area contributed by atoms with Crippen molar-refractivity contribution in [2.24, 2.45) is 5.41 Å². The Morgan fingerprint density at radius 2 is 1.83 bits per heavy atom. The first kappa shape index (κ1) is 10.9. The monoisotopic (exact) mass is 173 g/mol. The average Bonchev–Trinajstić information content (AvgIpc) is 1.83. The summed E-state index contributed by atoms with van der Waals surface area (Å²) >= 11 is 0. The van der Waals surface area contributed by atoms with Gasteiger partial charge in [0.1, 0.15) is 0 Å². The maximum Gasteiger partial charge on any atom is 0.303 e. The van der Waals surface area contributed by atoms with Crippen LogP contribution in [0, 0.1) is 5.41 Å². The third-order valence-corrected chi connectivity index (χ3v) is 1.55. The molecule has 0 fully saturated rings. The number of aliphatic carboxylic acids is 1. The van der Waals surface area contributed by atoms with Gasteiger partial charge in [-0.3, -0.25) is 9.59 Å². The lowest BCUT2D eigenvalue weighted by Crippen LogP contribution is -2.27. The molecule has 0 rings (SSSR count). The van der Waals surface area contributed by atoms with Gasteiger partial charge in [-0.15, -0.1) is 0 Å². The SMILES string of the molecule is CNC(=O)CC(C)(C)CC(=O)O. The molecule has 0 aromatic rings. The average molecular weight is 173 g/mol. The van der Waals surface area contributed by atoms with Crippen LogP contribution in [0.1, 0.15) is 26.7 Å². The smallest absolute Gasteiger partial charge is 0.303 e. The molecular weight excluding hydrogens is 158 g/mol. The molecule has 0 aliphatic rings. The van der Waals surface area contributed by atoms with Crippen LogP contribution < -0.4 is 5.32 Å². The van der Waals surface area contributed by atoms with Crippen LogP contribution in [-0.2, 0) is 9.59 Å². The first-order valence-electron chi connectivity index (χ1n) is 3.80. The number of hydrogen-bond acceptors (Lipinski definition) is 2. The molecule has 0 bridgehead atoms. The largest absolute Gasteiger partial charge is 0.481 e. The van der Waals surface area contributed by atoms with Crippen molar-refractivity contribution in [2.75, 3.05) is 7.05 Å². The second kappa shape index (κ2) is 4.09. The maximum atomic E-state index is 10.9. The Kier molecular flexibility index (Phi) is 3.73. The normalized spacial score (nSPS) is 10.9. The zero-order valence-electron chi connectivity index (χ0n) is 7.68. The number of carbonyl (C=O) groups excluding carboxylic acids is 1. The number of amides is 1. The Labute approximate surface area is 72.0 Å². The predicted molar refractivity (Wildman–Crippen MR) is 44.7 cm³/mol. The van der Waals surface area contributed by atoms with Crippen molar-refractivity contribution >= 4 is 11.9 Å². The third-order valence-electron chi connectivity index (χ3n) is 1.55. The van der Waals surface area contributed by atoms with E-state index in [1.54, 1.807) is 20.9 Å². The highest BCUT2D eigenvalue weighted by molar-refractivity contribution is 5.77. The van der Waals surface area contributed by atoms with Gasteiger partial charge in [-0.2, -0.15) is 0 Å². The fourth-order valence-corrected chi connectivity index (χ4v) is 0.995. The van der Waals surface area contributed by atoms with Gasteiger partial charge < -0.3 is 10.4 Å². The number of nitrogens with one attached hydrogen (secondary N) is 1. The van der Waals surface area contributed by atoms with Crippen LogP contribution >= 0.6 is 0 Å². The zero-order chi connectivity index (χ0) is 9.78. The number of carboxylic acid groups (broad SMARTS) is 1. The molecule has 4 nitrogen and oxygen atoms in total. The van der Waals surface area contributed by atoms with Crippen LogP contribution in [0.15, 0.2) is 0 Å². The van der Waals surface area contributed by atoms with Crippen LogP contribution in [0.5, 0.6) is 0 Å². The van der Waals surface area contributed by atoms with E-state index in [1.807, 2.05) is 0 Å². The van der Waals surface area contributed by atoms with Gasteiger partial charge in [-0.05, 0) is 5.41 Å². The Hall–Kier alpha value is -1.06. The number of carbonyl (C=O) groups is 2. The van der Waals surface area contributed by atoms with Crippen molar-refractivity contribution in [3.8, 4) is 0 Å². The van der Waals surface area contributed by atoms with Crippen LogP contribution in [0.2, 0.25) is 0 Å². The lowest BCUT2D eigenvalue weighted by molar-refractivity contribution is -0.139. The van der Waals surface area contributed by atoms with Crippen LogP contribution in [0.4, 0.5) is 0 Å². The van der Waals surface area contributed by atoms with E-state index in [1.165, 1.54) is 0 Å². The molecule has 70 valence electrons. The molecule has 4 heteroatoms. The van der Waals surface area contributed by atoms with Gasteiger partial charge in [-0.25, -0.2) is 0 Å². The molecule has 0 spiro atoms. The molecule has 0 unspecified atom stereocenters. The van der Waals surface area contributed by atoms with E-state index in [4.69, 9.17) is 5.11 Å². The van der Waals surface area contributed by atoms with Gasteiger partial charge in [0, 0.05) is 13.5 Å². The molecule has 0 aliphatic heterocycles. The quantitative estimate of drug-likeness (QED) is 0.655. The first-order valence-corrected chi connectivity index (χ1v) is 3.80. The minimum Gasteiger partial charge on any atom is -0.481 e. The van der Waals surface area contributed by atoms with Gasteiger partial charge >= 0.3 is 5.97 Å². The summed E-state index contributed by atoms with van der Waals surface area (Å²) in [5.41, 5.74) is -0.466. The second-order valence-electron chi connectivity index (χ2n) is 3.58. The van der Waals surface area contributed by atoms with Gasteiger partial charge in [-0.1, -0.05) is 13.8 Å². The van der Waals surface area contributed by atoms with E-state index in [2.05, 4.69) is 5.32 Å². The summed E-state index contributed by atoms with van der Waals surface area (Å²) in [6.07, 6.45) is 0.260. The maximum absolute atomic E-state index is 10.9. The molecule has 2 N–H and O–H groups in total. The van der Waals surface area contributed by atoms with E-state index >= 15 is 0 Å². The van der Waals surface area contributed by atoms with Crippen molar-refractivity contribution in [1.82, 2.24) is 5.32 Å². The molecule has 0 saturated carbocycles. The van der Waals surface area contributed by atoms with E-state index in [0.29, 0.717) is 0 Å². The summed E-state index contributed by atoms with van der Waals surface area (Å²) in [5.74, 6) is -0.995. The summed E-state index contributed by atoms with van der Waals surface area (Å²) < 4.78 is 0. The van der Waals surface area contributed by atoms with Crippen LogP contribution in [0.25, 0.3) is 0 Å². The van der Waals surface area contributed by atoms with Crippen molar-refractivity contribution in [1.29, 1.82) is 0 Å². The van der Waals surface area contributed by atoms with E-state index < -0.39 is 11.4 Å². The minimum absolute atomic E-state index is 0.0143. The highest BCUT2D eigenvalue weighted by atomic mass is 16.4. The zero-order valence-corrected chi connectivity index (χ0v) is 7.68. The Morgan fingerprint density at radius 3 is 2.17 bits per heavy atom. The third kappa shape index (κ3) is 4.71. The fourth-order valence-electron chi connectivity index (χ4n) is 0.995. The molecule has 0 aromatic carbocycles. The van der Waals surface area contributed by atoms with Gasteiger partial charge in [0.25, 0.3) is 0 Å². The van der Waals surface area contributed by atoms with Crippen molar-refractivity contribution < 1.29 is 14.7 Å². The van der Waals surface area contributed by atoms with Gasteiger partial charge in [0.15, 0.2) is 0 Å². The van der Waals surface area contributed by atoms with Crippen LogP contribution in [0.3, 0.4) is 0 Å². The minimum atomic E-state index is -0.871. The molecule has 0 heterocycles. The van der Waals surface area contributed by atoms with E-state index in [9.17, 15) is 9.59 Å². The molecule has 0 aliphatic carbocycles. The molecule has 0 radical (unpaired) electrons. The van der Waals surface area contributed by atoms with E-state index in [0.717, 1.165) is 0 Å². The number of rotatable bonds is 4. The molecule has 12 heavy (non-hydrogen) atoms. The molecule has 0 aromatic heterocycles. The lowest BCUT2D eigenvalue weighted by Gasteiger charge is -2.20. The Balaban J connectivity index is 4.03. The summed E-state index contributed by atoms with van der Waals surface area (Å²) in [6, 6.07) is 0. The van der Waals surface area contributed by atoms with Crippen molar-refractivity contribution in [3.63, 3.8) is 0 Å². The second-order valence-corrected chi connectivity index (χ2v) is 3.58. The number of hydrogen-bond donors (Lipinski definition) is 2. The summed E-state index contributed by atoms with van der Waals surface area (Å²) in [7, 11) is 1.54. The molecule has 0 saturated heterocycles. The van der Waals surface area contributed by atoms with E-state index in [-0.39, 0.29) is 18.7 Å². The molecular formula is C8H15NO3. The summed E-state index contributed by atoms with van der Waals surface area (Å²) in [4.78, 5) is 21.3. The van der Waals surface area contributed by atoms with Gasteiger partial charge in [0.05, 0.1) is 6.42 Å².